The number of rotatable bonds is 4. The van der Waals surface area contributed by atoms with Gasteiger partial charge in [-0.3, -0.25) is 9.59 Å². The molecular formula is C25H27ClF3N3O3. The summed E-state index contributed by atoms with van der Waals surface area (Å²) in [6.45, 7) is 5.54. The van der Waals surface area contributed by atoms with E-state index in [1.165, 1.54) is 12.1 Å². The minimum atomic E-state index is -4.57. The predicted molar refractivity (Wildman–Crippen MR) is 125 cm³/mol. The van der Waals surface area contributed by atoms with Crippen molar-refractivity contribution >= 4 is 40.1 Å². The van der Waals surface area contributed by atoms with Crippen molar-refractivity contribution in [3.8, 4) is 0 Å². The zero-order valence-corrected chi connectivity index (χ0v) is 20.4. The number of amides is 1. The SMILES string of the molecule is CC1(C)C(=O)OC2(C(=O)N[C@H]3CC[C@@H](Nc4cc(C(F)(F)F)nc5ccc(Cl)cc45)CC3)C[C@@]12C. The van der Waals surface area contributed by atoms with E-state index >= 15 is 0 Å². The normalized spacial score (nSPS) is 31.6. The molecule has 0 spiro atoms. The summed E-state index contributed by atoms with van der Waals surface area (Å²) in [7, 11) is 0. The molecule has 2 heterocycles. The molecule has 2 aliphatic carbocycles. The molecule has 2 N–H and O–H groups in total. The number of hydrogen-bond donors (Lipinski definition) is 2. The first kappa shape index (κ1) is 24.2. The van der Waals surface area contributed by atoms with Crippen LogP contribution in [0.25, 0.3) is 10.9 Å². The Kier molecular flexibility index (Phi) is 5.33. The van der Waals surface area contributed by atoms with Gasteiger partial charge < -0.3 is 15.4 Å². The lowest BCUT2D eigenvalue weighted by Gasteiger charge is -2.31. The topological polar surface area (TPSA) is 80.3 Å². The number of benzene rings is 1. The van der Waals surface area contributed by atoms with Gasteiger partial charge in [-0.2, -0.15) is 13.2 Å². The van der Waals surface area contributed by atoms with Crippen LogP contribution in [-0.2, 0) is 20.5 Å². The molecule has 188 valence electrons. The molecule has 6 nitrogen and oxygen atoms in total. The van der Waals surface area contributed by atoms with E-state index in [1.54, 1.807) is 6.07 Å². The third-order valence-corrected chi connectivity index (χ3v) is 8.61. The molecule has 1 aromatic carbocycles. The third-order valence-electron chi connectivity index (χ3n) is 8.38. The highest BCUT2D eigenvalue weighted by molar-refractivity contribution is 6.31. The lowest BCUT2D eigenvalue weighted by molar-refractivity contribution is -0.158. The van der Waals surface area contributed by atoms with Gasteiger partial charge in [-0.05, 0) is 63.8 Å². The summed E-state index contributed by atoms with van der Waals surface area (Å²) < 4.78 is 45.8. The number of esters is 1. The minimum Gasteiger partial charge on any atom is -0.448 e. The molecule has 2 aromatic rings. The molecule has 2 atom stereocenters. The van der Waals surface area contributed by atoms with E-state index in [9.17, 15) is 22.8 Å². The standard InChI is InChI=1S/C25H27ClF3N3O3/c1-22(2)21(34)35-24(12-23(22,24)3)20(33)31-15-7-5-14(6-8-15)30-18-11-19(25(27,28)29)32-17-9-4-13(26)10-16(17)18/h4,9-11,14-15H,5-8,12H2,1-3H3,(H,30,32)(H,31,33)/t14-,15+,23-,24?/m0/s1. The summed E-state index contributed by atoms with van der Waals surface area (Å²) >= 11 is 6.09. The number of nitrogens with one attached hydrogen (secondary N) is 2. The molecule has 0 radical (unpaired) electrons. The van der Waals surface area contributed by atoms with E-state index in [0.29, 0.717) is 48.2 Å². The van der Waals surface area contributed by atoms with Crippen LogP contribution in [0.5, 0.6) is 0 Å². The van der Waals surface area contributed by atoms with E-state index < -0.39 is 28.3 Å². The number of ether oxygens (including phenoxy) is 1. The minimum absolute atomic E-state index is 0.0681. The lowest BCUT2D eigenvalue weighted by Crippen LogP contribution is -2.47. The molecule has 1 aliphatic heterocycles. The summed E-state index contributed by atoms with van der Waals surface area (Å²) in [5.41, 5.74) is -2.72. The van der Waals surface area contributed by atoms with Gasteiger partial charge in [0.2, 0.25) is 0 Å². The maximum atomic E-state index is 13.4. The first-order valence-electron chi connectivity index (χ1n) is 11.8. The Labute approximate surface area is 205 Å². The summed E-state index contributed by atoms with van der Waals surface area (Å²) in [6, 6.07) is 5.47. The van der Waals surface area contributed by atoms with Crippen molar-refractivity contribution in [3.63, 3.8) is 0 Å². The largest absolute Gasteiger partial charge is 0.448 e. The molecule has 2 saturated carbocycles. The van der Waals surface area contributed by atoms with E-state index in [0.717, 1.165) is 6.07 Å². The zero-order chi connectivity index (χ0) is 25.4. The van der Waals surface area contributed by atoms with Crippen LogP contribution < -0.4 is 10.6 Å². The highest BCUT2D eigenvalue weighted by atomic mass is 35.5. The van der Waals surface area contributed by atoms with Gasteiger partial charge in [0.1, 0.15) is 5.69 Å². The molecule has 1 amide bonds. The van der Waals surface area contributed by atoms with Crippen molar-refractivity contribution < 1.29 is 27.5 Å². The Hall–Kier alpha value is -2.55. The Morgan fingerprint density at radius 3 is 2.37 bits per heavy atom. The van der Waals surface area contributed by atoms with Crippen LogP contribution in [0.15, 0.2) is 24.3 Å². The Morgan fingerprint density at radius 1 is 1.11 bits per heavy atom. The Balaban J connectivity index is 1.25. The van der Waals surface area contributed by atoms with Gasteiger partial charge in [0.25, 0.3) is 5.91 Å². The van der Waals surface area contributed by atoms with E-state index in [1.807, 2.05) is 20.8 Å². The van der Waals surface area contributed by atoms with Gasteiger partial charge in [0.05, 0.1) is 10.9 Å². The fourth-order valence-corrected chi connectivity index (χ4v) is 5.76. The second-order valence-electron chi connectivity index (χ2n) is 10.7. The van der Waals surface area contributed by atoms with Crippen molar-refractivity contribution in [1.82, 2.24) is 10.3 Å². The number of nitrogens with zero attached hydrogens (tertiary/aromatic N) is 1. The fourth-order valence-electron chi connectivity index (χ4n) is 5.58. The average molecular weight is 510 g/mol. The first-order valence-corrected chi connectivity index (χ1v) is 12.1. The number of carbonyl (C=O) groups excluding carboxylic acids is 2. The summed E-state index contributed by atoms with van der Waals surface area (Å²) in [5, 5.41) is 7.25. The average Bonchev–Trinajstić information content (AvgIpc) is 3.37. The number of halogens is 4. The van der Waals surface area contributed by atoms with Crippen molar-refractivity contribution in [2.24, 2.45) is 10.8 Å². The van der Waals surface area contributed by atoms with E-state index in [4.69, 9.17) is 16.3 Å². The van der Waals surface area contributed by atoms with Gasteiger partial charge in [0, 0.05) is 40.0 Å². The van der Waals surface area contributed by atoms with Gasteiger partial charge in [-0.25, -0.2) is 4.98 Å². The highest BCUT2D eigenvalue weighted by Gasteiger charge is 2.84. The Bertz CT molecular complexity index is 1230. The second kappa shape index (κ2) is 7.72. The van der Waals surface area contributed by atoms with Gasteiger partial charge in [-0.1, -0.05) is 18.5 Å². The molecule has 3 aliphatic rings. The second-order valence-corrected chi connectivity index (χ2v) is 11.2. The lowest BCUT2D eigenvalue weighted by atomic mass is 9.76. The van der Waals surface area contributed by atoms with Crippen molar-refractivity contribution in [3.05, 3.63) is 35.0 Å². The van der Waals surface area contributed by atoms with Crippen LogP contribution in [0.1, 0.15) is 58.6 Å². The third kappa shape index (κ3) is 3.74. The number of fused-ring (bicyclic) bond motifs is 2. The molecular weight excluding hydrogens is 483 g/mol. The van der Waals surface area contributed by atoms with Gasteiger partial charge >= 0.3 is 12.1 Å². The van der Waals surface area contributed by atoms with Crippen LogP contribution in [0.3, 0.4) is 0 Å². The number of anilines is 1. The highest BCUT2D eigenvalue weighted by Crippen LogP contribution is 2.72. The smallest absolute Gasteiger partial charge is 0.433 e. The van der Waals surface area contributed by atoms with E-state index in [2.05, 4.69) is 15.6 Å². The van der Waals surface area contributed by atoms with Crippen LogP contribution in [0.4, 0.5) is 18.9 Å². The molecule has 1 saturated heterocycles. The van der Waals surface area contributed by atoms with Gasteiger partial charge in [0.15, 0.2) is 5.60 Å². The molecule has 1 unspecified atom stereocenters. The van der Waals surface area contributed by atoms with Gasteiger partial charge in [-0.15, -0.1) is 0 Å². The predicted octanol–water partition coefficient (Wildman–Crippen LogP) is 5.48. The number of pyridine rings is 1. The number of carbonyl (C=O) groups is 2. The zero-order valence-electron chi connectivity index (χ0n) is 19.7. The number of alkyl halides is 3. The Morgan fingerprint density at radius 2 is 1.77 bits per heavy atom. The molecule has 35 heavy (non-hydrogen) atoms. The van der Waals surface area contributed by atoms with Crippen LogP contribution in [0.2, 0.25) is 5.02 Å². The van der Waals surface area contributed by atoms with Crippen molar-refractivity contribution in [2.75, 3.05) is 5.32 Å². The summed E-state index contributed by atoms with van der Waals surface area (Å²) in [6.07, 6.45) is -1.42. The van der Waals surface area contributed by atoms with Crippen molar-refractivity contribution in [2.45, 2.75) is 76.7 Å². The summed E-state index contributed by atoms with van der Waals surface area (Å²) in [5.74, 6) is -0.600. The maximum absolute atomic E-state index is 13.4. The van der Waals surface area contributed by atoms with E-state index in [-0.39, 0.29) is 29.5 Å². The monoisotopic (exact) mass is 509 g/mol. The summed E-state index contributed by atoms with van der Waals surface area (Å²) in [4.78, 5) is 29.1. The van der Waals surface area contributed by atoms with Crippen molar-refractivity contribution in [1.29, 1.82) is 0 Å². The number of hydrogen-bond acceptors (Lipinski definition) is 5. The molecule has 5 rings (SSSR count). The first-order chi connectivity index (χ1) is 16.3. The van der Waals surface area contributed by atoms with Crippen LogP contribution >= 0.6 is 11.6 Å². The maximum Gasteiger partial charge on any atom is 0.433 e. The molecule has 3 fully saturated rings. The number of aromatic nitrogens is 1. The molecule has 10 heteroatoms. The molecule has 0 bridgehead atoms. The molecule has 1 aromatic heterocycles. The van der Waals surface area contributed by atoms with Crippen LogP contribution in [0, 0.1) is 10.8 Å². The van der Waals surface area contributed by atoms with Crippen LogP contribution in [-0.4, -0.2) is 34.5 Å². The quantitative estimate of drug-likeness (QED) is 0.534. The fraction of sp³-hybridized carbons (Fsp3) is 0.560.